The highest BCUT2D eigenvalue weighted by Crippen LogP contribution is 2.21. The first-order valence-electron chi connectivity index (χ1n) is 6.80. The van der Waals surface area contributed by atoms with E-state index in [2.05, 4.69) is 4.98 Å². The van der Waals surface area contributed by atoms with E-state index in [1.54, 1.807) is 12.3 Å². The number of para-hydroxylation sites is 1. The lowest BCUT2D eigenvalue weighted by atomic mass is 9.98. The maximum Gasteiger partial charge on any atom is 0.335 e. The van der Waals surface area contributed by atoms with Gasteiger partial charge in [0.2, 0.25) is 0 Å². The lowest BCUT2D eigenvalue weighted by molar-refractivity contribution is 0.0696. The van der Waals surface area contributed by atoms with E-state index in [4.69, 9.17) is 0 Å². The molecule has 0 spiro atoms. The summed E-state index contributed by atoms with van der Waals surface area (Å²) < 4.78 is 0. The van der Waals surface area contributed by atoms with Crippen molar-refractivity contribution in [1.82, 2.24) is 4.98 Å². The summed E-state index contributed by atoms with van der Waals surface area (Å²) in [5.41, 5.74) is 4.26. The van der Waals surface area contributed by atoms with Gasteiger partial charge in [-0.25, -0.2) is 4.79 Å². The fourth-order valence-electron chi connectivity index (χ4n) is 2.54. The van der Waals surface area contributed by atoms with Crippen LogP contribution in [0.3, 0.4) is 0 Å². The summed E-state index contributed by atoms with van der Waals surface area (Å²) in [6, 6.07) is 15.6. The number of pyridine rings is 1. The minimum Gasteiger partial charge on any atom is -0.478 e. The summed E-state index contributed by atoms with van der Waals surface area (Å²) in [5.74, 6) is -0.881. The van der Waals surface area contributed by atoms with Gasteiger partial charge >= 0.3 is 5.97 Å². The van der Waals surface area contributed by atoms with Gasteiger partial charge < -0.3 is 5.11 Å². The molecule has 3 aromatic rings. The standard InChI is InChI=1S/C18H15NO2/c1-12-6-7-13(11-16(12)18(20)21)10-14-8-9-19-17-5-3-2-4-15(14)17/h2-9,11H,10H2,1H3,(H,20,21). The Hall–Kier alpha value is -2.68. The highest BCUT2D eigenvalue weighted by Gasteiger charge is 2.09. The van der Waals surface area contributed by atoms with Gasteiger partial charge in [0.05, 0.1) is 11.1 Å². The molecule has 0 bridgehead atoms. The number of fused-ring (bicyclic) bond motifs is 1. The molecule has 0 unspecified atom stereocenters. The van der Waals surface area contributed by atoms with Gasteiger partial charge in [-0.15, -0.1) is 0 Å². The maximum atomic E-state index is 11.2. The second kappa shape index (κ2) is 5.37. The molecule has 0 saturated heterocycles. The zero-order valence-electron chi connectivity index (χ0n) is 11.7. The van der Waals surface area contributed by atoms with Crippen molar-refractivity contribution in [1.29, 1.82) is 0 Å². The van der Waals surface area contributed by atoms with E-state index in [9.17, 15) is 9.90 Å². The predicted molar refractivity (Wildman–Crippen MR) is 82.7 cm³/mol. The highest BCUT2D eigenvalue weighted by atomic mass is 16.4. The van der Waals surface area contributed by atoms with Gasteiger partial charge in [0.25, 0.3) is 0 Å². The molecule has 2 aromatic carbocycles. The number of carboxylic acid groups (broad SMARTS) is 1. The van der Waals surface area contributed by atoms with Crippen LogP contribution >= 0.6 is 0 Å². The Morgan fingerprint density at radius 3 is 2.76 bits per heavy atom. The molecule has 0 aliphatic carbocycles. The Morgan fingerprint density at radius 1 is 1.14 bits per heavy atom. The Kier molecular flexibility index (Phi) is 3.40. The number of rotatable bonds is 3. The molecular weight excluding hydrogens is 262 g/mol. The number of hydrogen-bond acceptors (Lipinski definition) is 2. The van der Waals surface area contributed by atoms with Crippen LogP contribution in [0, 0.1) is 6.92 Å². The third-order valence-electron chi connectivity index (χ3n) is 3.67. The molecular formula is C18H15NO2. The van der Waals surface area contributed by atoms with Gasteiger partial charge in [-0.2, -0.15) is 0 Å². The Morgan fingerprint density at radius 2 is 1.95 bits per heavy atom. The molecule has 3 heteroatoms. The quantitative estimate of drug-likeness (QED) is 0.791. The zero-order chi connectivity index (χ0) is 14.8. The van der Waals surface area contributed by atoms with Crippen LogP contribution in [0.5, 0.6) is 0 Å². The van der Waals surface area contributed by atoms with Gasteiger partial charge in [-0.3, -0.25) is 4.98 Å². The van der Waals surface area contributed by atoms with Crippen LogP contribution in [0.15, 0.2) is 54.7 Å². The second-order valence-corrected chi connectivity index (χ2v) is 5.12. The van der Waals surface area contributed by atoms with Gasteiger partial charge in [0.15, 0.2) is 0 Å². The Balaban J connectivity index is 2.03. The fraction of sp³-hybridized carbons (Fsp3) is 0.111. The smallest absolute Gasteiger partial charge is 0.335 e. The monoisotopic (exact) mass is 277 g/mol. The maximum absolute atomic E-state index is 11.2. The van der Waals surface area contributed by atoms with E-state index in [0.717, 1.165) is 27.6 Å². The topological polar surface area (TPSA) is 50.2 Å². The third-order valence-corrected chi connectivity index (χ3v) is 3.67. The van der Waals surface area contributed by atoms with Crippen LogP contribution in [0.25, 0.3) is 10.9 Å². The van der Waals surface area contributed by atoms with E-state index < -0.39 is 5.97 Å². The van der Waals surface area contributed by atoms with Gasteiger partial charge in [-0.05, 0) is 48.2 Å². The number of hydrogen-bond donors (Lipinski definition) is 1. The van der Waals surface area contributed by atoms with Crippen molar-refractivity contribution >= 4 is 16.9 Å². The SMILES string of the molecule is Cc1ccc(Cc2ccnc3ccccc23)cc1C(=O)O. The lowest BCUT2D eigenvalue weighted by Gasteiger charge is -2.08. The molecule has 0 atom stereocenters. The molecule has 0 saturated carbocycles. The van der Waals surface area contributed by atoms with Crippen LogP contribution < -0.4 is 0 Å². The Bertz CT molecular complexity index is 819. The minimum absolute atomic E-state index is 0.367. The predicted octanol–water partition coefficient (Wildman–Crippen LogP) is 3.83. The molecule has 0 aliphatic rings. The van der Waals surface area contributed by atoms with Crippen LogP contribution in [0.4, 0.5) is 0 Å². The molecule has 1 N–H and O–H groups in total. The van der Waals surface area contributed by atoms with Gasteiger partial charge in [0.1, 0.15) is 0 Å². The van der Waals surface area contributed by atoms with Crippen LogP contribution in [0.2, 0.25) is 0 Å². The van der Waals surface area contributed by atoms with Crippen molar-refractivity contribution < 1.29 is 9.90 Å². The molecule has 0 fully saturated rings. The summed E-state index contributed by atoms with van der Waals surface area (Å²) in [6.45, 7) is 1.81. The van der Waals surface area contributed by atoms with E-state index in [-0.39, 0.29) is 0 Å². The average molecular weight is 277 g/mol. The van der Waals surface area contributed by atoms with Crippen molar-refractivity contribution in [3.63, 3.8) is 0 Å². The number of aromatic nitrogens is 1. The molecule has 0 amide bonds. The molecule has 1 heterocycles. The lowest BCUT2D eigenvalue weighted by Crippen LogP contribution is -2.01. The van der Waals surface area contributed by atoms with Crippen molar-refractivity contribution in [2.75, 3.05) is 0 Å². The van der Waals surface area contributed by atoms with E-state index >= 15 is 0 Å². The first-order chi connectivity index (χ1) is 10.1. The number of aromatic carboxylic acids is 1. The first-order valence-corrected chi connectivity index (χ1v) is 6.80. The first kappa shape index (κ1) is 13.3. The summed E-state index contributed by atoms with van der Waals surface area (Å²) in [5, 5.41) is 10.3. The minimum atomic E-state index is -0.881. The third kappa shape index (κ3) is 2.63. The zero-order valence-corrected chi connectivity index (χ0v) is 11.7. The number of carbonyl (C=O) groups is 1. The van der Waals surface area contributed by atoms with E-state index in [1.807, 2.05) is 49.4 Å². The summed E-state index contributed by atoms with van der Waals surface area (Å²) >= 11 is 0. The van der Waals surface area contributed by atoms with Crippen molar-refractivity contribution in [2.24, 2.45) is 0 Å². The number of nitrogens with zero attached hydrogens (tertiary/aromatic N) is 1. The van der Waals surface area contributed by atoms with Crippen LogP contribution in [0.1, 0.15) is 27.0 Å². The molecule has 0 radical (unpaired) electrons. The summed E-state index contributed by atoms with van der Waals surface area (Å²) in [7, 11) is 0. The van der Waals surface area contributed by atoms with Crippen LogP contribution in [-0.2, 0) is 6.42 Å². The number of aryl methyl sites for hydroxylation is 1. The van der Waals surface area contributed by atoms with E-state index in [0.29, 0.717) is 12.0 Å². The largest absolute Gasteiger partial charge is 0.478 e. The fourth-order valence-corrected chi connectivity index (χ4v) is 2.54. The molecule has 104 valence electrons. The normalized spacial score (nSPS) is 10.7. The second-order valence-electron chi connectivity index (χ2n) is 5.12. The molecule has 0 aliphatic heterocycles. The molecule has 1 aromatic heterocycles. The summed E-state index contributed by atoms with van der Waals surface area (Å²) in [4.78, 5) is 15.6. The molecule has 3 rings (SSSR count). The number of carboxylic acids is 1. The van der Waals surface area contributed by atoms with Crippen LogP contribution in [-0.4, -0.2) is 16.1 Å². The molecule has 3 nitrogen and oxygen atoms in total. The highest BCUT2D eigenvalue weighted by molar-refractivity contribution is 5.89. The van der Waals surface area contributed by atoms with Crippen molar-refractivity contribution in [3.05, 3.63) is 77.0 Å². The van der Waals surface area contributed by atoms with Crippen molar-refractivity contribution in [2.45, 2.75) is 13.3 Å². The van der Waals surface area contributed by atoms with Gasteiger partial charge in [0, 0.05) is 11.6 Å². The van der Waals surface area contributed by atoms with Crippen molar-refractivity contribution in [3.8, 4) is 0 Å². The average Bonchev–Trinajstić information content (AvgIpc) is 2.49. The number of benzene rings is 2. The Labute approximate surface area is 122 Å². The van der Waals surface area contributed by atoms with Gasteiger partial charge in [-0.1, -0.05) is 30.3 Å². The molecule has 21 heavy (non-hydrogen) atoms. The van der Waals surface area contributed by atoms with E-state index in [1.165, 1.54) is 0 Å². The summed E-state index contributed by atoms with van der Waals surface area (Å²) in [6.07, 6.45) is 2.49.